The average Bonchev–Trinajstić information content (AvgIpc) is 2.96. The van der Waals surface area contributed by atoms with Gasteiger partial charge in [0.2, 0.25) is 5.91 Å². The van der Waals surface area contributed by atoms with Gasteiger partial charge in [0, 0.05) is 17.0 Å². The van der Waals surface area contributed by atoms with E-state index in [1.165, 1.54) is 10.4 Å². The van der Waals surface area contributed by atoms with Crippen LogP contribution < -0.4 is 11.1 Å². The lowest BCUT2D eigenvalue weighted by atomic mass is 10.1. The highest BCUT2D eigenvalue weighted by molar-refractivity contribution is 7.14. The maximum atomic E-state index is 12.3. The first-order valence-electron chi connectivity index (χ1n) is 7.83. The van der Waals surface area contributed by atoms with E-state index in [-0.39, 0.29) is 5.91 Å². The molecule has 0 aliphatic rings. The molecule has 1 heterocycles. The van der Waals surface area contributed by atoms with Crippen LogP contribution >= 0.6 is 11.3 Å². The van der Waals surface area contributed by atoms with Crippen molar-refractivity contribution in [1.82, 2.24) is 5.32 Å². The van der Waals surface area contributed by atoms with E-state index in [4.69, 9.17) is 5.73 Å². The Labute approximate surface area is 140 Å². The molecule has 1 aromatic carbocycles. The van der Waals surface area contributed by atoms with Gasteiger partial charge < -0.3 is 11.1 Å². The van der Waals surface area contributed by atoms with Crippen LogP contribution in [0.2, 0.25) is 0 Å². The van der Waals surface area contributed by atoms with Crippen molar-refractivity contribution in [2.45, 2.75) is 39.7 Å². The molecule has 122 valence electrons. The van der Waals surface area contributed by atoms with Crippen LogP contribution in [0.1, 0.15) is 56.3 Å². The van der Waals surface area contributed by atoms with Gasteiger partial charge in [-0.3, -0.25) is 9.59 Å². The van der Waals surface area contributed by atoms with Crippen LogP contribution in [0.3, 0.4) is 0 Å². The van der Waals surface area contributed by atoms with E-state index >= 15 is 0 Å². The zero-order valence-corrected chi connectivity index (χ0v) is 14.3. The standard InChI is InChI=1S/C18H22N2O2S/c1-3-6-15-13(4-2)10-16(23-15)18(22)20-11-12-7-5-8-14(9-12)17(19)21/h5,7-10H,3-4,6,11H2,1-2H3,(H2,19,21)(H,20,22). The summed E-state index contributed by atoms with van der Waals surface area (Å²) in [5.74, 6) is -0.537. The summed E-state index contributed by atoms with van der Waals surface area (Å²) >= 11 is 1.57. The van der Waals surface area contributed by atoms with Gasteiger partial charge in [-0.2, -0.15) is 0 Å². The molecule has 4 nitrogen and oxygen atoms in total. The van der Waals surface area contributed by atoms with Crippen molar-refractivity contribution in [3.05, 3.63) is 56.8 Å². The van der Waals surface area contributed by atoms with Gasteiger partial charge >= 0.3 is 0 Å². The largest absolute Gasteiger partial charge is 0.366 e. The minimum atomic E-state index is -0.465. The zero-order valence-electron chi connectivity index (χ0n) is 13.5. The summed E-state index contributed by atoms with van der Waals surface area (Å²) < 4.78 is 0. The number of nitrogens with one attached hydrogen (secondary N) is 1. The fourth-order valence-corrected chi connectivity index (χ4v) is 3.69. The van der Waals surface area contributed by atoms with Gasteiger partial charge in [-0.05, 0) is 42.2 Å². The quantitative estimate of drug-likeness (QED) is 0.817. The van der Waals surface area contributed by atoms with Crippen molar-refractivity contribution in [2.24, 2.45) is 5.73 Å². The van der Waals surface area contributed by atoms with E-state index in [2.05, 4.69) is 19.2 Å². The van der Waals surface area contributed by atoms with Crippen molar-refractivity contribution in [1.29, 1.82) is 0 Å². The number of benzene rings is 1. The summed E-state index contributed by atoms with van der Waals surface area (Å²) in [4.78, 5) is 25.6. The fourth-order valence-electron chi connectivity index (χ4n) is 2.42. The normalized spacial score (nSPS) is 10.5. The van der Waals surface area contributed by atoms with Gasteiger partial charge in [0.25, 0.3) is 5.91 Å². The molecule has 0 atom stereocenters. The molecular weight excluding hydrogens is 308 g/mol. The van der Waals surface area contributed by atoms with Crippen molar-refractivity contribution in [3.8, 4) is 0 Å². The van der Waals surface area contributed by atoms with Gasteiger partial charge in [0.1, 0.15) is 0 Å². The molecule has 0 aliphatic heterocycles. The predicted octanol–water partition coefficient (Wildman–Crippen LogP) is 3.29. The SMILES string of the molecule is CCCc1sc(C(=O)NCc2cccc(C(N)=O)c2)cc1CC. The fraction of sp³-hybridized carbons (Fsp3) is 0.333. The maximum absolute atomic E-state index is 12.3. The Hall–Kier alpha value is -2.14. The molecule has 2 aromatic rings. The number of hydrogen-bond acceptors (Lipinski definition) is 3. The Kier molecular flexibility index (Phi) is 5.93. The number of aryl methyl sites for hydroxylation is 2. The molecule has 23 heavy (non-hydrogen) atoms. The number of carbonyl (C=O) groups is 2. The second-order valence-electron chi connectivity index (χ2n) is 5.41. The van der Waals surface area contributed by atoms with Crippen molar-refractivity contribution >= 4 is 23.2 Å². The van der Waals surface area contributed by atoms with E-state index in [9.17, 15) is 9.59 Å². The average molecular weight is 330 g/mol. The van der Waals surface area contributed by atoms with Crippen LogP contribution in [-0.2, 0) is 19.4 Å². The molecule has 3 N–H and O–H groups in total. The molecule has 0 bridgehead atoms. The van der Waals surface area contributed by atoms with Gasteiger partial charge in [-0.25, -0.2) is 0 Å². The number of amides is 2. The Morgan fingerprint density at radius 1 is 1.22 bits per heavy atom. The molecule has 1 aromatic heterocycles. The number of rotatable bonds is 7. The summed E-state index contributed by atoms with van der Waals surface area (Å²) in [7, 11) is 0. The lowest BCUT2D eigenvalue weighted by Gasteiger charge is -2.05. The van der Waals surface area contributed by atoms with Gasteiger partial charge in [-0.1, -0.05) is 32.4 Å². The molecule has 0 fully saturated rings. The Morgan fingerprint density at radius 3 is 2.65 bits per heavy atom. The Bertz CT molecular complexity index is 707. The van der Waals surface area contributed by atoms with E-state index < -0.39 is 5.91 Å². The lowest BCUT2D eigenvalue weighted by molar-refractivity contribution is 0.0954. The number of hydrogen-bond donors (Lipinski definition) is 2. The molecule has 5 heteroatoms. The number of primary amides is 1. The summed E-state index contributed by atoms with van der Waals surface area (Å²) in [5, 5.41) is 2.91. The van der Waals surface area contributed by atoms with E-state index in [1.807, 2.05) is 12.1 Å². The highest BCUT2D eigenvalue weighted by Crippen LogP contribution is 2.24. The van der Waals surface area contributed by atoms with Crippen LogP contribution in [0.4, 0.5) is 0 Å². The first kappa shape index (κ1) is 17.2. The summed E-state index contributed by atoms with van der Waals surface area (Å²) in [6.45, 7) is 4.63. The third-order valence-corrected chi connectivity index (χ3v) is 4.88. The molecule has 0 saturated carbocycles. The Balaban J connectivity index is 2.05. The molecule has 0 aliphatic carbocycles. The molecule has 2 rings (SSSR count). The topological polar surface area (TPSA) is 72.2 Å². The highest BCUT2D eigenvalue weighted by Gasteiger charge is 2.13. The predicted molar refractivity (Wildman–Crippen MR) is 93.8 cm³/mol. The van der Waals surface area contributed by atoms with Crippen LogP contribution in [0, 0.1) is 0 Å². The van der Waals surface area contributed by atoms with Crippen LogP contribution in [0.25, 0.3) is 0 Å². The van der Waals surface area contributed by atoms with E-state index in [0.717, 1.165) is 29.7 Å². The van der Waals surface area contributed by atoms with Crippen LogP contribution in [0.15, 0.2) is 30.3 Å². The molecule has 0 radical (unpaired) electrons. The lowest BCUT2D eigenvalue weighted by Crippen LogP contribution is -2.22. The van der Waals surface area contributed by atoms with Gasteiger partial charge in [0.05, 0.1) is 4.88 Å². The van der Waals surface area contributed by atoms with E-state index in [0.29, 0.717) is 12.1 Å². The second kappa shape index (κ2) is 7.92. The monoisotopic (exact) mass is 330 g/mol. The minimum absolute atomic E-state index is 0.0727. The highest BCUT2D eigenvalue weighted by atomic mass is 32.1. The maximum Gasteiger partial charge on any atom is 0.261 e. The molecule has 2 amide bonds. The summed E-state index contributed by atoms with van der Waals surface area (Å²) in [5.41, 5.74) is 7.84. The minimum Gasteiger partial charge on any atom is -0.366 e. The number of nitrogens with two attached hydrogens (primary N) is 1. The molecular formula is C18H22N2O2S. The summed E-state index contributed by atoms with van der Waals surface area (Å²) in [6, 6.07) is 8.99. The summed E-state index contributed by atoms with van der Waals surface area (Å²) in [6.07, 6.45) is 3.04. The van der Waals surface area contributed by atoms with Crippen molar-refractivity contribution < 1.29 is 9.59 Å². The van der Waals surface area contributed by atoms with Gasteiger partial charge in [-0.15, -0.1) is 11.3 Å². The van der Waals surface area contributed by atoms with Crippen LogP contribution in [-0.4, -0.2) is 11.8 Å². The number of carbonyl (C=O) groups excluding carboxylic acids is 2. The third kappa shape index (κ3) is 4.42. The molecule has 0 saturated heterocycles. The smallest absolute Gasteiger partial charge is 0.261 e. The van der Waals surface area contributed by atoms with Crippen molar-refractivity contribution in [2.75, 3.05) is 0 Å². The number of thiophene rings is 1. The zero-order chi connectivity index (χ0) is 16.8. The van der Waals surface area contributed by atoms with Crippen LogP contribution in [0.5, 0.6) is 0 Å². The molecule has 0 spiro atoms. The first-order valence-corrected chi connectivity index (χ1v) is 8.65. The van der Waals surface area contributed by atoms with Gasteiger partial charge in [0.15, 0.2) is 0 Å². The molecule has 0 unspecified atom stereocenters. The first-order chi connectivity index (χ1) is 11.0. The third-order valence-electron chi connectivity index (χ3n) is 3.64. The van der Waals surface area contributed by atoms with Crippen molar-refractivity contribution in [3.63, 3.8) is 0 Å². The second-order valence-corrected chi connectivity index (χ2v) is 6.55. The Morgan fingerprint density at radius 2 is 2.00 bits per heavy atom. The van der Waals surface area contributed by atoms with E-state index in [1.54, 1.807) is 29.5 Å².